The van der Waals surface area contributed by atoms with Gasteiger partial charge in [-0.05, 0) is 186 Å². The minimum Gasteiger partial charge on any atom is -0.0620 e. The molecular formula is C61H80. The average Bonchev–Trinajstić information content (AvgIpc) is 0.773. The van der Waals surface area contributed by atoms with E-state index in [1.165, 1.54) is 68.4 Å². The van der Waals surface area contributed by atoms with Crippen molar-refractivity contribution in [3.05, 3.63) is 245 Å². The van der Waals surface area contributed by atoms with Crippen molar-refractivity contribution < 1.29 is 49.3 Å². The summed E-state index contributed by atoms with van der Waals surface area (Å²) in [5, 5.41) is 0. The Labute approximate surface area is 425 Å². The average molecular weight is 850 g/mol. The van der Waals surface area contributed by atoms with Crippen LogP contribution in [0, 0.1) is 131 Å². The van der Waals surface area contributed by atoms with Crippen molar-refractivity contribution in [3.63, 3.8) is 0 Å². The maximum Gasteiger partial charge on any atom is 0.0280 e. The third-order valence-electron chi connectivity index (χ3n) is 8.27. The van der Waals surface area contributed by atoms with Crippen LogP contribution >= 0.6 is 0 Å². The summed E-state index contributed by atoms with van der Waals surface area (Å²) < 4.78 is 260. The molecule has 7 aromatic carbocycles. The normalized spacial score (nSPS) is 20.8. The van der Waals surface area contributed by atoms with E-state index in [9.17, 15) is 0 Å². The quantitative estimate of drug-likeness (QED) is 0.143. The Morgan fingerprint density at radius 2 is 0.574 bits per heavy atom. The molecular weight excluding hydrogens is 733 g/mol. The predicted octanol–water partition coefficient (Wildman–Crippen LogP) is 17.7. The third kappa shape index (κ3) is 23.2. The first-order chi connectivity index (χ1) is 43.1. The Balaban J connectivity index is 0.000000570. The molecule has 0 aliphatic heterocycles. The highest BCUT2D eigenvalue weighted by atomic mass is 14.0. The van der Waals surface area contributed by atoms with Crippen LogP contribution in [-0.4, -0.2) is 0 Å². The summed E-state index contributed by atoms with van der Waals surface area (Å²) >= 11 is 0. The molecule has 0 aliphatic rings. The Kier molecular flexibility index (Phi) is 9.09. The van der Waals surface area contributed by atoms with Crippen molar-refractivity contribution in [1.29, 1.82) is 0 Å². The van der Waals surface area contributed by atoms with Gasteiger partial charge in [-0.1, -0.05) is 190 Å². The number of hydrogen-bond acceptors (Lipinski definition) is 0. The van der Waals surface area contributed by atoms with E-state index >= 15 is 0 Å². The van der Waals surface area contributed by atoms with Crippen LogP contribution in [0.5, 0.6) is 0 Å². The maximum absolute atomic E-state index is 7.38. The lowest BCUT2D eigenvalue weighted by Gasteiger charge is -2.04. The molecule has 0 fully saturated rings. The molecule has 7 aromatic rings. The van der Waals surface area contributed by atoms with E-state index in [1.54, 1.807) is 56.3 Å². The van der Waals surface area contributed by atoms with E-state index < -0.39 is 82.2 Å². The lowest BCUT2D eigenvalue weighted by molar-refractivity contribution is 1.23. The van der Waals surface area contributed by atoms with Crippen molar-refractivity contribution in [3.8, 4) is 0 Å². The molecule has 0 unspecified atom stereocenters. The topological polar surface area (TPSA) is 0 Å². The monoisotopic (exact) mass is 849 g/mol. The Bertz CT molecular complexity index is 3500. The minimum atomic E-state index is -2.55. The van der Waals surface area contributed by atoms with Crippen LogP contribution in [-0.2, 0) is 0 Å². The van der Waals surface area contributed by atoms with E-state index in [-0.39, 0.29) is 55.6 Å². The van der Waals surface area contributed by atoms with E-state index in [1.807, 2.05) is 51.1 Å². The van der Waals surface area contributed by atoms with Crippen molar-refractivity contribution in [1.82, 2.24) is 0 Å². The van der Waals surface area contributed by atoms with Crippen LogP contribution in [0.25, 0.3) is 0 Å². The van der Waals surface area contributed by atoms with E-state index in [0.29, 0.717) is 33.4 Å². The molecule has 0 saturated heterocycles. The lowest BCUT2D eigenvalue weighted by atomic mass is 10.0. The molecule has 0 N–H and O–H groups in total. The van der Waals surface area contributed by atoms with Gasteiger partial charge in [-0.25, -0.2) is 0 Å². The molecule has 0 aromatic heterocycles. The molecule has 61 heavy (non-hydrogen) atoms. The highest BCUT2D eigenvalue weighted by Gasteiger charge is 1.96. The summed E-state index contributed by atoms with van der Waals surface area (Å²) in [6.07, 6.45) is 0. The standard InChI is InChI=1S/C10H14.3C9H12.3C8H10/c1-7-5-8(2)10(4)9(3)6-7;1-7-4-8(2)6-9(3)5-7;1-7-4-5-8(2)9(3)6-7;1-7-5-4-6-8(2)9(7)3;1-7-3-5-8(2)6-4-7;1-7-4-3-5-8(2)6-7;1-7-5-3-4-6-8(7)2/h5-6H,1-4H3;3*4-6H,1-3H3;3*3-6H,1-2H3/i1D3,2D3,3D3;1D3,2D3;1D3,3D3;1D3,2D3;3*1D3. The van der Waals surface area contributed by atoms with Gasteiger partial charge in [-0.15, -0.1) is 0 Å². The van der Waals surface area contributed by atoms with Crippen LogP contribution in [0.2, 0.25) is 0 Å². The van der Waals surface area contributed by atoms with Gasteiger partial charge in [0.05, 0.1) is 0 Å². The fraction of sp³-hybridized carbons (Fsp3) is 0.311. The number of hydrogen-bond donors (Lipinski definition) is 0. The zero-order valence-electron chi connectivity index (χ0n) is 71.8. The second-order valence-electron chi connectivity index (χ2n) is 13.8. The van der Waals surface area contributed by atoms with Gasteiger partial charge in [-0.2, -0.15) is 0 Å². The second-order valence-corrected chi connectivity index (χ2v) is 13.8. The summed E-state index contributed by atoms with van der Waals surface area (Å²) in [6, 6.07) is 35.8. The van der Waals surface area contributed by atoms with E-state index in [4.69, 9.17) is 49.3 Å². The molecule has 324 valence electrons. The van der Waals surface area contributed by atoms with Gasteiger partial charge in [0.2, 0.25) is 0 Å². The number of benzene rings is 7. The molecule has 0 heterocycles. The molecule has 7 rings (SSSR count). The minimum absolute atomic E-state index is 0.0687. The zero-order valence-corrected chi connectivity index (χ0v) is 35.8. The molecule has 0 bridgehead atoms. The zero-order chi connectivity index (χ0) is 76.2. The van der Waals surface area contributed by atoms with E-state index in [0.717, 1.165) is 28.8 Å². The Morgan fingerprint density at radius 1 is 0.213 bits per heavy atom. The Hall–Kier alpha value is -5.46. The molecule has 0 saturated carbocycles. The molecule has 0 nitrogen and oxygen atoms in total. The highest BCUT2D eigenvalue weighted by Crippen LogP contribution is 2.14. The van der Waals surface area contributed by atoms with Gasteiger partial charge in [0.15, 0.2) is 0 Å². The van der Waals surface area contributed by atoms with Crippen molar-refractivity contribution in [2.24, 2.45) is 0 Å². The van der Waals surface area contributed by atoms with Crippen molar-refractivity contribution in [2.75, 3.05) is 0 Å². The van der Waals surface area contributed by atoms with E-state index in [2.05, 4.69) is 0 Å². The number of aryl methyl sites for hydroxylation is 17. The lowest BCUT2D eigenvalue weighted by Crippen LogP contribution is -1.86. The van der Waals surface area contributed by atoms with Gasteiger partial charge in [0.25, 0.3) is 0 Å². The molecule has 0 radical (unpaired) electrons. The molecule has 0 spiro atoms. The highest BCUT2D eigenvalue weighted by molar-refractivity contribution is 5.36. The van der Waals surface area contributed by atoms with Crippen LogP contribution in [0.4, 0.5) is 0 Å². The van der Waals surface area contributed by atoms with Gasteiger partial charge in [0.1, 0.15) is 0 Å². The van der Waals surface area contributed by atoms with Crippen LogP contribution in [0.1, 0.15) is 155 Å². The summed E-state index contributed by atoms with van der Waals surface area (Å²) in [7, 11) is 0. The largest absolute Gasteiger partial charge is 0.0620 e. The Morgan fingerprint density at radius 3 is 1.05 bits per heavy atom. The first-order valence-electron chi connectivity index (χ1n) is 36.8. The van der Waals surface area contributed by atoms with Gasteiger partial charge < -0.3 is 0 Å². The maximum atomic E-state index is 7.38. The SMILES string of the molecule is [2H]C([2H])([2H])c1cc(C([2H])([2H])[2H])c(C)c(C([2H])([2H])[2H])c1.[2H]C([2H])([2H])c1cc(C)cc(C([2H])([2H])[2H])c1.[2H]C([2H])([2H])c1ccc(C)c(C([2H])([2H])[2H])c1.[2H]C([2H])([2H])c1ccc(C)cc1.[2H]C([2H])([2H])c1cccc(C([2H])([2H])[2H])c1C.[2H]C([2H])([2H])c1cccc(C)c1.[2H]C([2H])([2H])c1ccccc1C. The fourth-order valence-corrected chi connectivity index (χ4v) is 4.53. The molecule has 0 aliphatic carbocycles. The van der Waals surface area contributed by atoms with Crippen molar-refractivity contribution in [2.45, 2.75) is 131 Å². The van der Waals surface area contributed by atoms with Crippen LogP contribution in [0.15, 0.2) is 140 Å². The summed E-state index contributed by atoms with van der Waals surface area (Å²) in [4.78, 5) is 0. The van der Waals surface area contributed by atoms with Gasteiger partial charge in [-0.3, -0.25) is 0 Å². The molecule has 0 heteroatoms. The van der Waals surface area contributed by atoms with Crippen molar-refractivity contribution >= 4 is 0 Å². The van der Waals surface area contributed by atoms with Gasteiger partial charge in [0, 0.05) is 49.3 Å². The summed E-state index contributed by atoms with van der Waals surface area (Å²) in [6.45, 7) is -15.2. The molecule has 0 atom stereocenters. The second kappa shape index (κ2) is 28.1. The van der Waals surface area contributed by atoms with Crippen LogP contribution in [0.3, 0.4) is 0 Å². The number of rotatable bonds is 0. The third-order valence-corrected chi connectivity index (χ3v) is 8.27. The summed E-state index contributed by atoms with van der Waals surface area (Å²) in [5.41, 5.74) is 5.63. The fourth-order valence-electron chi connectivity index (χ4n) is 4.53. The van der Waals surface area contributed by atoms with Gasteiger partial charge >= 0.3 is 0 Å². The first kappa shape index (κ1) is 19.7. The van der Waals surface area contributed by atoms with Crippen LogP contribution < -0.4 is 0 Å². The summed E-state index contributed by atoms with van der Waals surface area (Å²) in [5.74, 6) is 0. The first-order valence-corrected chi connectivity index (χ1v) is 18.8. The molecule has 0 amide bonds. The smallest absolute Gasteiger partial charge is 0.0280 e. The predicted molar refractivity (Wildman–Crippen MR) is 275 cm³/mol.